The normalized spacial score (nSPS) is 4.09. The molecule has 0 fully saturated rings. The third-order valence-corrected chi connectivity index (χ3v) is 0. The molecule has 0 aliphatic heterocycles. The quantitative estimate of drug-likeness (QED) is 0.393. The third-order valence-electron chi connectivity index (χ3n) is 0. The molecular weight excluding hydrogens is 370 g/mol. The third kappa shape index (κ3) is 267. The molecule has 0 saturated heterocycles. The average Bonchev–Trinajstić information content (AvgIpc) is 0.811. The molecular formula is H14Cl3EuO7. The summed E-state index contributed by atoms with van der Waals surface area (Å²) in [6, 6.07) is 0. The molecule has 0 saturated carbocycles. The van der Waals surface area contributed by atoms with E-state index in [1.165, 1.54) is 0 Å². The zero-order chi connectivity index (χ0) is 3.58. The van der Waals surface area contributed by atoms with E-state index in [-0.39, 0.29) is 38.3 Å². The van der Waals surface area contributed by atoms with Crippen molar-refractivity contribution in [2.45, 2.75) is 0 Å². The van der Waals surface area contributed by atoms with E-state index in [9.17, 15) is 0 Å². The van der Waals surface area contributed by atoms with Crippen molar-refractivity contribution in [3.63, 3.8) is 0 Å². The number of hydrogen-bond acceptors (Lipinski definition) is 0. The minimum absolute atomic E-state index is 0. The summed E-state index contributed by atoms with van der Waals surface area (Å²) < 4.78 is 15.0. The molecule has 0 radical (unpaired) electrons. The maximum atomic E-state index is 4.99. The van der Waals surface area contributed by atoms with Crippen molar-refractivity contribution in [1.82, 2.24) is 0 Å². The van der Waals surface area contributed by atoms with Crippen molar-refractivity contribution in [2.75, 3.05) is 0 Å². The van der Waals surface area contributed by atoms with Crippen LogP contribution in [0, 0.1) is 37.0 Å². The van der Waals surface area contributed by atoms with Gasteiger partial charge in [0.25, 0.3) is 0 Å². The summed E-state index contributed by atoms with van der Waals surface area (Å²) >= 11 is -2.05. The predicted octanol–water partition coefficient (Wildman–Crippen LogP) is -3.70. The fraction of sp³-hybridized carbons (Fsp3) is 0. The van der Waals surface area contributed by atoms with Crippen LogP contribution in [-0.2, 0) is 0 Å². The van der Waals surface area contributed by atoms with E-state index in [1.54, 1.807) is 0 Å². The fourth-order valence-corrected chi connectivity index (χ4v) is 0. The molecule has 7 nitrogen and oxygen atoms in total. The Morgan fingerprint density at radius 1 is 0.455 bits per heavy atom. The van der Waals surface area contributed by atoms with Crippen LogP contribution < -0.4 is 0 Å². The zero-order valence-corrected chi connectivity index (χ0v) is 9.70. The standard InChI is InChI=1S/3ClH.Eu.7H2O/h3*1H;;7*1H2/q;;;+3;;;;;;;/p-3. The van der Waals surface area contributed by atoms with Gasteiger partial charge in [0.1, 0.15) is 0 Å². The number of rotatable bonds is 0. The fourth-order valence-electron chi connectivity index (χ4n) is 0. The summed E-state index contributed by atoms with van der Waals surface area (Å²) in [5.74, 6) is 0. The molecule has 0 aliphatic rings. The first kappa shape index (κ1) is 72.9. The van der Waals surface area contributed by atoms with Crippen LogP contribution in [0.1, 0.15) is 0 Å². The summed E-state index contributed by atoms with van der Waals surface area (Å²) in [5, 5.41) is 0. The molecule has 0 bridgehead atoms. The Labute approximate surface area is 86.1 Å². The first-order valence-corrected chi connectivity index (χ1v) is 9.54. The average molecular weight is 384 g/mol. The van der Waals surface area contributed by atoms with Gasteiger partial charge in [-0.1, -0.05) is 0 Å². The Kier molecular flexibility index (Phi) is 376. The van der Waals surface area contributed by atoms with E-state index >= 15 is 0 Å². The first-order valence-electron chi connectivity index (χ1n) is 0.429. The van der Waals surface area contributed by atoms with Crippen LogP contribution in [0.5, 0.6) is 0 Å². The van der Waals surface area contributed by atoms with Crippen LogP contribution in [0.2, 0.25) is 0 Å². The molecule has 0 aromatic heterocycles. The van der Waals surface area contributed by atoms with Crippen LogP contribution in [0.25, 0.3) is 0 Å². The van der Waals surface area contributed by atoms with Gasteiger partial charge >= 0.3 is 49.4 Å². The Hall–Kier alpha value is 2.17. The number of halogens is 3. The summed E-state index contributed by atoms with van der Waals surface area (Å²) in [6.45, 7) is 0. The Bertz CT molecular complexity index is 18.4. The molecule has 11 heteroatoms. The van der Waals surface area contributed by atoms with Crippen molar-refractivity contribution >= 4 is 12.5 Å². The van der Waals surface area contributed by atoms with Gasteiger partial charge in [-0.15, -0.1) is 0 Å². The minimum atomic E-state index is -2.05. The Morgan fingerprint density at radius 2 is 0.455 bits per heavy atom. The van der Waals surface area contributed by atoms with Crippen LogP contribution >= 0.6 is 12.5 Å². The van der Waals surface area contributed by atoms with Gasteiger partial charge in [0.05, 0.1) is 0 Å². The molecule has 0 heterocycles. The van der Waals surface area contributed by atoms with E-state index in [0.29, 0.717) is 0 Å². The van der Waals surface area contributed by atoms with E-state index in [4.69, 9.17) is 12.5 Å². The number of hydrogen-bond donors (Lipinski definition) is 0. The van der Waals surface area contributed by atoms with Crippen molar-refractivity contribution in [2.24, 2.45) is 0 Å². The first-order chi connectivity index (χ1) is 1.73. The second-order valence-corrected chi connectivity index (χ2v) is 10.8. The molecule has 14 N–H and O–H groups in total. The summed E-state index contributed by atoms with van der Waals surface area (Å²) in [7, 11) is 0. The van der Waals surface area contributed by atoms with E-state index in [2.05, 4.69) is 0 Å². The van der Waals surface area contributed by atoms with Gasteiger partial charge in [-0.05, 0) is 0 Å². The van der Waals surface area contributed by atoms with Gasteiger partial charge in [-0.25, -0.2) is 0 Å². The summed E-state index contributed by atoms with van der Waals surface area (Å²) in [4.78, 5) is 0. The van der Waals surface area contributed by atoms with E-state index in [0.717, 1.165) is 0 Å². The van der Waals surface area contributed by atoms with Gasteiger partial charge in [0.15, 0.2) is 0 Å². The maximum absolute atomic E-state index is 4.99. The molecule has 0 aromatic carbocycles. The van der Waals surface area contributed by atoms with Crippen molar-refractivity contribution in [1.29, 1.82) is 0 Å². The van der Waals surface area contributed by atoms with Crippen molar-refractivity contribution in [3.05, 3.63) is 0 Å². The van der Waals surface area contributed by atoms with Crippen LogP contribution in [-0.4, -0.2) is 38.3 Å². The van der Waals surface area contributed by atoms with E-state index in [1.807, 2.05) is 0 Å². The molecule has 0 aliphatic carbocycles. The molecule has 0 spiro atoms. The van der Waals surface area contributed by atoms with Crippen LogP contribution in [0.3, 0.4) is 0 Å². The Morgan fingerprint density at radius 3 is 0.455 bits per heavy atom. The zero-order valence-electron chi connectivity index (χ0n) is 5.01. The molecule has 11 heavy (non-hydrogen) atoms. The van der Waals surface area contributed by atoms with Crippen LogP contribution in [0.4, 0.5) is 0 Å². The summed E-state index contributed by atoms with van der Waals surface area (Å²) in [6.07, 6.45) is 0. The predicted molar refractivity (Wildman–Crippen MR) is 42.9 cm³/mol. The molecule has 0 aromatic rings. The van der Waals surface area contributed by atoms with Gasteiger partial charge in [-0.3, -0.25) is 0 Å². The monoisotopic (exact) mass is 384 g/mol. The second kappa shape index (κ2) is 56.8. The molecule has 0 amide bonds. The molecule has 84 valence electrons. The molecule has 0 unspecified atom stereocenters. The molecule has 0 atom stereocenters. The van der Waals surface area contributed by atoms with Crippen molar-refractivity contribution in [3.8, 4) is 0 Å². The van der Waals surface area contributed by atoms with Gasteiger partial charge in [0.2, 0.25) is 0 Å². The summed E-state index contributed by atoms with van der Waals surface area (Å²) in [5.41, 5.74) is 0. The Balaban J connectivity index is -0.00000000214. The molecule has 0 rings (SSSR count). The van der Waals surface area contributed by atoms with Gasteiger partial charge in [0, 0.05) is 0 Å². The van der Waals surface area contributed by atoms with E-state index < -0.39 is 37.0 Å². The van der Waals surface area contributed by atoms with Crippen molar-refractivity contribution < 1.29 is 75.3 Å². The van der Waals surface area contributed by atoms with Gasteiger partial charge in [-0.2, -0.15) is 0 Å². The van der Waals surface area contributed by atoms with Gasteiger partial charge < -0.3 is 38.3 Å². The topological polar surface area (TPSA) is 220 Å². The SMILES string of the molecule is O.O.O.O.O.O.O.[Cl][Eu]([Cl])[Cl]. The second-order valence-electron chi connectivity index (χ2n) is 0.162. The van der Waals surface area contributed by atoms with Crippen LogP contribution in [0.15, 0.2) is 0 Å².